The Bertz CT molecular complexity index is 1350. The van der Waals surface area contributed by atoms with Crippen molar-refractivity contribution >= 4 is 29.4 Å². The standard InChI is InChI=1S/C36H50N4O7/c1-23(2)18-28(32(43)36(5)22-47-36)38-35(46)30(20-26-14-10-7-11-15-26)40-34(45)29(19-24(3)4)39-33(44)27(37-31(42)21-41)17-16-25-12-8-6-9-13-25/h6-15,23-24,27-30,41H,16-22H2,1-5H3,(H,37,42)(H,38,46)(H,39,44)(H,40,45)/t27-,28?,29?,30-,36+/m0/s1. The second kappa shape index (κ2) is 17.7. The van der Waals surface area contributed by atoms with Crippen LogP contribution in [0.1, 0.15) is 65.0 Å². The summed E-state index contributed by atoms with van der Waals surface area (Å²) >= 11 is 0. The Kier molecular flexibility index (Phi) is 14.1. The molecule has 2 aromatic rings. The maximum atomic E-state index is 13.8. The highest BCUT2D eigenvalue weighted by Crippen LogP contribution is 2.29. The number of benzene rings is 2. The average molecular weight is 651 g/mol. The van der Waals surface area contributed by atoms with Crippen LogP contribution in [-0.4, -0.2) is 77.5 Å². The molecular formula is C36H50N4O7. The van der Waals surface area contributed by atoms with Crippen LogP contribution in [-0.2, 0) is 41.6 Å². The summed E-state index contributed by atoms with van der Waals surface area (Å²) in [7, 11) is 0. The Hall–Kier alpha value is -4.09. The molecule has 0 aliphatic carbocycles. The number of hydrogen-bond donors (Lipinski definition) is 5. The van der Waals surface area contributed by atoms with Crippen LogP contribution >= 0.6 is 0 Å². The maximum Gasteiger partial charge on any atom is 0.246 e. The van der Waals surface area contributed by atoms with E-state index in [2.05, 4.69) is 21.3 Å². The summed E-state index contributed by atoms with van der Waals surface area (Å²) in [5.74, 6) is -2.47. The SMILES string of the molecule is CC(C)CC(NC(=O)[C@H](CCc1ccccc1)NC(=O)CO)C(=O)N[C@@H](Cc1ccccc1)C(=O)NC(CC(C)C)C(=O)[C@@]1(C)CO1. The van der Waals surface area contributed by atoms with Crippen LogP contribution in [0.3, 0.4) is 0 Å². The van der Waals surface area contributed by atoms with Crippen molar-refractivity contribution in [2.75, 3.05) is 13.2 Å². The lowest BCUT2D eigenvalue weighted by molar-refractivity contribution is -0.135. The first-order chi connectivity index (χ1) is 22.3. The van der Waals surface area contributed by atoms with Gasteiger partial charge in [-0.05, 0) is 55.6 Å². The van der Waals surface area contributed by atoms with E-state index in [9.17, 15) is 29.1 Å². The summed E-state index contributed by atoms with van der Waals surface area (Å²) in [6.45, 7) is 8.94. The molecule has 1 aliphatic rings. The molecule has 11 heteroatoms. The second-order valence-electron chi connectivity index (χ2n) is 13.3. The van der Waals surface area contributed by atoms with Crippen LogP contribution < -0.4 is 21.3 Å². The van der Waals surface area contributed by atoms with Gasteiger partial charge in [0.2, 0.25) is 23.6 Å². The van der Waals surface area contributed by atoms with Gasteiger partial charge < -0.3 is 31.1 Å². The third-order valence-electron chi connectivity index (χ3n) is 8.05. The summed E-state index contributed by atoms with van der Waals surface area (Å²) in [5, 5.41) is 20.4. The Morgan fingerprint density at radius 1 is 0.702 bits per heavy atom. The summed E-state index contributed by atoms with van der Waals surface area (Å²) in [5.41, 5.74) is 0.834. The number of ether oxygens (including phenoxy) is 1. The minimum Gasteiger partial charge on any atom is -0.387 e. The van der Waals surface area contributed by atoms with E-state index in [0.29, 0.717) is 19.4 Å². The van der Waals surface area contributed by atoms with E-state index in [1.165, 1.54) is 0 Å². The number of carbonyl (C=O) groups is 5. The quantitative estimate of drug-likeness (QED) is 0.146. The van der Waals surface area contributed by atoms with E-state index in [1.54, 1.807) is 6.92 Å². The Balaban J connectivity index is 1.81. The predicted molar refractivity (Wildman–Crippen MR) is 178 cm³/mol. The van der Waals surface area contributed by atoms with Gasteiger partial charge in [-0.2, -0.15) is 0 Å². The molecule has 4 amide bonds. The van der Waals surface area contributed by atoms with Crippen molar-refractivity contribution < 1.29 is 33.8 Å². The van der Waals surface area contributed by atoms with Crippen molar-refractivity contribution in [3.63, 3.8) is 0 Å². The monoisotopic (exact) mass is 650 g/mol. The third kappa shape index (κ3) is 12.2. The molecule has 47 heavy (non-hydrogen) atoms. The summed E-state index contributed by atoms with van der Waals surface area (Å²) in [6, 6.07) is 14.8. The molecule has 5 atom stereocenters. The lowest BCUT2D eigenvalue weighted by Gasteiger charge is -2.28. The molecule has 256 valence electrons. The largest absolute Gasteiger partial charge is 0.387 e. The normalized spacial score (nSPS) is 18.0. The Labute approximate surface area is 277 Å². The van der Waals surface area contributed by atoms with E-state index in [0.717, 1.165) is 11.1 Å². The smallest absolute Gasteiger partial charge is 0.246 e. The zero-order valence-corrected chi connectivity index (χ0v) is 28.1. The predicted octanol–water partition coefficient (Wildman–Crippen LogP) is 2.24. The topological polar surface area (TPSA) is 166 Å². The number of ketones is 1. The molecule has 11 nitrogen and oxygen atoms in total. The number of epoxide rings is 1. The summed E-state index contributed by atoms with van der Waals surface area (Å²) in [6.07, 6.45) is 1.55. The van der Waals surface area contributed by atoms with Crippen LogP contribution in [0, 0.1) is 11.8 Å². The zero-order valence-electron chi connectivity index (χ0n) is 28.1. The number of amides is 4. The number of aliphatic hydroxyl groups excluding tert-OH is 1. The van der Waals surface area contributed by atoms with Crippen molar-refractivity contribution in [1.82, 2.24) is 21.3 Å². The zero-order chi connectivity index (χ0) is 34.6. The molecule has 1 fully saturated rings. The van der Waals surface area contributed by atoms with E-state index in [1.807, 2.05) is 88.4 Å². The Morgan fingerprint density at radius 2 is 1.17 bits per heavy atom. The Morgan fingerprint density at radius 3 is 1.70 bits per heavy atom. The molecule has 2 unspecified atom stereocenters. The van der Waals surface area contributed by atoms with Crippen molar-refractivity contribution in [3.05, 3.63) is 71.8 Å². The number of Topliss-reactive ketones (excluding diaryl/α,β-unsaturated/α-hetero) is 1. The van der Waals surface area contributed by atoms with Gasteiger partial charge in [0, 0.05) is 6.42 Å². The molecule has 5 N–H and O–H groups in total. The fourth-order valence-electron chi connectivity index (χ4n) is 5.37. The molecule has 0 bridgehead atoms. The van der Waals surface area contributed by atoms with Crippen molar-refractivity contribution in [2.45, 2.75) is 96.5 Å². The van der Waals surface area contributed by atoms with Crippen LogP contribution in [0.5, 0.6) is 0 Å². The minimum atomic E-state index is -1.05. The van der Waals surface area contributed by atoms with Gasteiger partial charge >= 0.3 is 0 Å². The van der Waals surface area contributed by atoms with E-state index in [4.69, 9.17) is 4.74 Å². The molecule has 0 saturated carbocycles. The van der Waals surface area contributed by atoms with Gasteiger partial charge in [0.25, 0.3) is 0 Å². The van der Waals surface area contributed by atoms with E-state index < -0.39 is 60.0 Å². The number of hydrogen-bond acceptors (Lipinski definition) is 7. The first-order valence-electron chi connectivity index (χ1n) is 16.4. The number of carbonyl (C=O) groups excluding carboxylic acids is 5. The van der Waals surface area contributed by atoms with Crippen LogP contribution in [0.2, 0.25) is 0 Å². The lowest BCUT2D eigenvalue weighted by Crippen LogP contribution is -2.59. The number of rotatable bonds is 19. The first kappa shape index (κ1) is 37.4. The van der Waals surface area contributed by atoms with Crippen molar-refractivity contribution in [3.8, 4) is 0 Å². The molecule has 1 aliphatic heterocycles. The van der Waals surface area contributed by atoms with Gasteiger partial charge in [0.05, 0.1) is 12.6 Å². The number of aliphatic hydroxyl groups is 1. The van der Waals surface area contributed by atoms with Gasteiger partial charge in [-0.15, -0.1) is 0 Å². The molecule has 1 heterocycles. The molecule has 0 aromatic heterocycles. The summed E-state index contributed by atoms with van der Waals surface area (Å²) < 4.78 is 5.37. The number of nitrogens with one attached hydrogen (secondary N) is 4. The van der Waals surface area contributed by atoms with Crippen LogP contribution in [0.4, 0.5) is 0 Å². The number of aryl methyl sites for hydroxylation is 1. The fourth-order valence-corrected chi connectivity index (χ4v) is 5.37. The average Bonchev–Trinajstić information content (AvgIpc) is 3.80. The van der Waals surface area contributed by atoms with Gasteiger partial charge in [-0.1, -0.05) is 88.4 Å². The first-order valence-corrected chi connectivity index (χ1v) is 16.4. The maximum absolute atomic E-state index is 13.8. The van der Waals surface area contributed by atoms with Gasteiger partial charge in [0.15, 0.2) is 5.78 Å². The second-order valence-corrected chi connectivity index (χ2v) is 13.3. The molecule has 3 rings (SSSR count). The van der Waals surface area contributed by atoms with Gasteiger partial charge in [-0.25, -0.2) is 0 Å². The highest BCUT2D eigenvalue weighted by molar-refractivity contribution is 5.98. The lowest BCUT2D eigenvalue weighted by atomic mass is 9.93. The fraction of sp³-hybridized carbons (Fsp3) is 0.528. The van der Waals surface area contributed by atoms with Crippen LogP contribution in [0.25, 0.3) is 0 Å². The van der Waals surface area contributed by atoms with Gasteiger partial charge in [0.1, 0.15) is 30.3 Å². The third-order valence-corrected chi connectivity index (χ3v) is 8.05. The molecular weight excluding hydrogens is 600 g/mol. The van der Waals surface area contributed by atoms with Crippen molar-refractivity contribution in [2.24, 2.45) is 11.8 Å². The summed E-state index contributed by atoms with van der Waals surface area (Å²) in [4.78, 5) is 66.5. The highest BCUT2D eigenvalue weighted by atomic mass is 16.6. The highest BCUT2D eigenvalue weighted by Gasteiger charge is 2.50. The molecule has 0 spiro atoms. The van der Waals surface area contributed by atoms with E-state index >= 15 is 0 Å². The van der Waals surface area contributed by atoms with Gasteiger partial charge in [-0.3, -0.25) is 24.0 Å². The minimum absolute atomic E-state index is 0.00502. The molecule has 2 aromatic carbocycles. The molecule has 0 radical (unpaired) electrons. The van der Waals surface area contributed by atoms with E-state index in [-0.39, 0.29) is 36.9 Å². The van der Waals surface area contributed by atoms with Crippen LogP contribution in [0.15, 0.2) is 60.7 Å². The molecule has 1 saturated heterocycles. The van der Waals surface area contributed by atoms with Crippen molar-refractivity contribution in [1.29, 1.82) is 0 Å².